The number of piperidine rings is 1. The summed E-state index contributed by atoms with van der Waals surface area (Å²) in [5, 5.41) is 25.2. The average Bonchev–Trinajstić information content (AvgIpc) is 3.02. The highest BCUT2D eigenvalue weighted by atomic mass is 35.5. The molecular formula is C17H22Cl3N5O2. The molecule has 1 aliphatic rings. The smallest absolute Gasteiger partial charge is 0.273 e. The van der Waals surface area contributed by atoms with Crippen LogP contribution in [0, 0.1) is 6.92 Å². The van der Waals surface area contributed by atoms with Gasteiger partial charge in [-0.2, -0.15) is 0 Å². The summed E-state index contributed by atoms with van der Waals surface area (Å²) >= 11 is 12.2. The monoisotopic (exact) mass is 433 g/mol. The fourth-order valence-electron chi connectivity index (χ4n) is 3.15. The molecule has 1 aromatic heterocycles. The molecule has 0 bridgehead atoms. The highest BCUT2D eigenvalue weighted by molar-refractivity contribution is 6.36. The second-order valence-electron chi connectivity index (χ2n) is 6.31. The van der Waals surface area contributed by atoms with Crippen molar-refractivity contribution >= 4 is 41.5 Å². The SMILES string of the molecule is Cc1c(C(=O)NCC(O)c2c(Cl)cccc2Cl)nnn1C1CCNCC1.Cl. The Morgan fingerprint density at radius 2 is 2.00 bits per heavy atom. The van der Waals surface area contributed by atoms with Crippen molar-refractivity contribution in [2.24, 2.45) is 0 Å². The van der Waals surface area contributed by atoms with Crippen LogP contribution >= 0.6 is 35.6 Å². The number of halogens is 3. The number of hydrogen-bond donors (Lipinski definition) is 3. The molecule has 1 atom stereocenters. The van der Waals surface area contributed by atoms with Crippen LogP contribution in [0.2, 0.25) is 10.0 Å². The Balaban J connectivity index is 0.00000261. The predicted octanol–water partition coefficient (Wildman–Crippen LogP) is 2.70. The van der Waals surface area contributed by atoms with E-state index >= 15 is 0 Å². The molecular weight excluding hydrogens is 413 g/mol. The summed E-state index contributed by atoms with van der Waals surface area (Å²) < 4.78 is 1.82. The lowest BCUT2D eigenvalue weighted by molar-refractivity contribution is 0.0910. The third-order valence-corrected chi connectivity index (χ3v) is 5.25. The lowest BCUT2D eigenvalue weighted by atomic mass is 10.1. The van der Waals surface area contributed by atoms with Gasteiger partial charge in [0.15, 0.2) is 5.69 Å². The molecule has 2 aromatic rings. The van der Waals surface area contributed by atoms with Crippen LogP contribution in [-0.2, 0) is 0 Å². The molecule has 1 aliphatic heterocycles. The third kappa shape index (κ3) is 4.92. The van der Waals surface area contributed by atoms with Crippen molar-refractivity contribution in [1.82, 2.24) is 25.6 Å². The van der Waals surface area contributed by atoms with E-state index < -0.39 is 6.10 Å². The van der Waals surface area contributed by atoms with Gasteiger partial charge in [-0.15, -0.1) is 17.5 Å². The molecule has 0 radical (unpaired) electrons. The summed E-state index contributed by atoms with van der Waals surface area (Å²) in [6.07, 6.45) is 0.893. The second kappa shape index (κ2) is 9.71. The number of nitrogens with zero attached hydrogens (tertiary/aromatic N) is 3. The number of aromatic nitrogens is 3. The van der Waals surface area contributed by atoms with E-state index in [1.54, 1.807) is 18.2 Å². The highest BCUT2D eigenvalue weighted by Gasteiger charge is 2.24. The minimum absolute atomic E-state index is 0. The second-order valence-corrected chi connectivity index (χ2v) is 7.12. The predicted molar refractivity (Wildman–Crippen MR) is 107 cm³/mol. The molecule has 2 heterocycles. The van der Waals surface area contributed by atoms with Crippen molar-refractivity contribution in [3.8, 4) is 0 Å². The Morgan fingerprint density at radius 3 is 2.63 bits per heavy atom. The van der Waals surface area contributed by atoms with Gasteiger partial charge in [0.05, 0.1) is 17.8 Å². The zero-order chi connectivity index (χ0) is 18.7. The number of rotatable bonds is 5. The average molecular weight is 435 g/mol. The van der Waals surface area contributed by atoms with Gasteiger partial charge >= 0.3 is 0 Å². The fraction of sp³-hybridized carbons (Fsp3) is 0.471. The van der Waals surface area contributed by atoms with E-state index in [9.17, 15) is 9.90 Å². The molecule has 10 heteroatoms. The zero-order valence-electron chi connectivity index (χ0n) is 14.8. The van der Waals surface area contributed by atoms with Crippen molar-refractivity contribution in [2.45, 2.75) is 31.9 Å². The van der Waals surface area contributed by atoms with E-state index in [-0.39, 0.29) is 36.6 Å². The molecule has 1 fully saturated rings. The van der Waals surface area contributed by atoms with Crippen LogP contribution in [0.3, 0.4) is 0 Å². The molecule has 1 unspecified atom stereocenters. The summed E-state index contributed by atoms with van der Waals surface area (Å²) in [5.74, 6) is -0.384. The van der Waals surface area contributed by atoms with Gasteiger partial charge in [0.25, 0.3) is 5.91 Å². The number of carbonyl (C=O) groups excluding carboxylic acids is 1. The lowest BCUT2D eigenvalue weighted by Crippen LogP contribution is -2.31. The molecule has 0 spiro atoms. The number of nitrogens with one attached hydrogen (secondary N) is 2. The first-order chi connectivity index (χ1) is 12.5. The van der Waals surface area contributed by atoms with E-state index in [4.69, 9.17) is 23.2 Å². The number of hydrogen-bond acceptors (Lipinski definition) is 5. The quantitative estimate of drug-likeness (QED) is 0.673. The molecule has 1 amide bonds. The normalized spacial score (nSPS) is 15.9. The minimum Gasteiger partial charge on any atom is -0.386 e. The van der Waals surface area contributed by atoms with E-state index in [0.29, 0.717) is 15.6 Å². The lowest BCUT2D eigenvalue weighted by Gasteiger charge is -2.23. The van der Waals surface area contributed by atoms with Crippen molar-refractivity contribution in [3.05, 3.63) is 45.2 Å². The maximum absolute atomic E-state index is 12.5. The molecule has 27 heavy (non-hydrogen) atoms. The molecule has 1 aromatic carbocycles. The Labute approximate surface area is 173 Å². The number of amides is 1. The van der Waals surface area contributed by atoms with Crippen LogP contribution in [0.1, 0.15) is 46.7 Å². The fourth-order valence-corrected chi connectivity index (χ4v) is 3.80. The number of aliphatic hydroxyl groups is 1. The van der Waals surface area contributed by atoms with E-state index in [0.717, 1.165) is 31.6 Å². The number of carbonyl (C=O) groups is 1. The Morgan fingerprint density at radius 1 is 1.37 bits per heavy atom. The topological polar surface area (TPSA) is 92.1 Å². The first-order valence-electron chi connectivity index (χ1n) is 8.51. The van der Waals surface area contributed by atoms with Crippen LogP contribution in [0.5, 0.6) is 0 Å². The summed E-state index contributed by atoms with van der Waals surface area (Å²) in [4.78, 5) is 12.5. The first-order valence-corrected chi connectivity index (χ1v) is 9.27. The molecule has 148 valence electrons. The van der Waals surface area contributed by atoms with Crippen molar-refractivity contribution in [1.29, 1.82) is 0 Å². The Bertz CT molecular complexity index is 773. The van der Waals surface area contributed by atoms with Crippen LogP contribution in [0.25, 0.3) is 0 Å². The van der Waals surface area contributed by atoms with Crippen LogP contribution in [0.4, 0.5) is 0 Å². The maximum atomic E-state index is 12.5. The van der Waals surface area contributed by atoms with Crippen LogP contribution in [-0.4, -0.2) is 45.6 Å². The molecule has 0 saturated carbocycles. The molecule has 0 aliphatic carbocycles. The molecule has 1 saturated heterocycles. The Hall–Kier alpha value is -1.38. The summed E-state index contributed by atoms with van der Waals surface area (Å²) in [7, 11) is 0. The van der Waals surface area contributed by atoms with Gasteiger partial charge in [0, 0.05) is 22.2 Å². The summed E-state index contributed by atoms with van der Waals surface area (Å²) in [6.45, 7) is 3.66. The minimum atomic E-state index is -1.01. The van der Waals surface area contributed by atoms with Crippen molar-refractivity contribution < 1.29 is 9.90 Å². The number of aliphatic hydroxyl groups excluding tert-OH is 1. The van der Waals surface area contributed by atoms with Gasteiger partial charge < -0.3 is 15.7 Å². The summed E-state index contributed by atoms with van der Waals surface area (Å²) in [6, 6.07) is 5.23. The van der Waals surface area contributed by atoms with E-state index in [1.165, 1.54) is 0 Å². The van der Waals surface area contributed by atoms with Gasteiger partial charge in [0.2, 0.25) is 0 Å². The zero-order valence-corrected chi connectivity index (χ0v) is 17.1. The van der Waals surface area contributed by atoms with Gasteiger partial charge in [-0.3, -0.25) is 4.79 Å². The van der Waals surface area contributed by atoms with E-state index in [1.807, 2.05) is 11.6 Å². The van der Waals surface area contributed by atoms with Gasteiger partial charge in [-0.25, -0.2) is 4.68 Å². The van der Waals surface area contributed by atoms with E-state index in [2.05, 4.69) is 20.9 Å². The van der Waals surface area contributed by atoms with Crippen LogP contribution < -0.4 is 10.6 Å². The van der Waals surface area contributed by atoms with Gasteiger partial charge in [0.1, 0.15) is 0 Å². The molecule has 3 rings (SSSR count). The molecule has 7 nitrogen and oxygen atoms in total. The molecule has 3 N–H and O–H groups in total. The maximum Gasteiger partial charge on any atom is 0.273 e. The van der Waals surface area contributed by atoms with Crippen LogP contribution in [0.15, 0.2) is 18.2 Å². The highest BCUT2D eigenvalue weighted by Crippen LogP contribution is 2.30. The van der Waals surface area contributed by atoms with Crippen molar-refractivity contribution in [3.63, 3.8) is 0 Å². The van der Waals surface area contributed by atoms with Gasteiger partial charge in [-0.1, -0.05) is 34.5 Å². The van der Waals surface area contributed by atoms with Gasteiger partial charge in [-0.05, 0) is 45.0 Å². The van der Waals surface area contributed by atoms with Crippen molar-refractivity contribution in [2.75, 3.05) is 19.6 Å². The largest absolute Gasteiger partial charge is 0.386 e. The summed E-state index contributed by atoms with van der Waals surface area (Å²) in [5.41, 5.74) is 1.38. The standard InChI is InChI=1S/C17H21Cl2N5O2.ClH/c1-10-16(22-23-24(10)11-5-7-20-8-6-11)17(26)21-9-14(25)15-12(18)3-2-4-13(15)19;/h2-4,11,14,20,25H,5-9H2,1H3,(H,21,26);1H. The third-order valence-electron chi connectivity index (χ3n) is 4.59. The number of benzene rings is 1. The Kier molecular flexibility index (Phi) is 7.88. The first kappa shape index (κ1) is 21.9.